The highest BCUT2D eigenvalue weighted by Crippen LogP contribution is 2.30. The SMILES string of the molecule is CCOC(=O)c1cc(C(F)F)c(O)c(F)n1. The van der Waals surface area contributed by atoms with Crippen molar-refractivity contribution in [2.24, 2.45) is 0 Å². The first-order chi connectivity index (χ1) is 7.47. The number of aromatic nitrogens is 1. The molecule has 0 aromatic carbocycles. The fourth-order valence-corrected chi connectivity index (χ4v) is 1.00. The summed E-state index contributed by atoms with van der Waals surface area (Å²) >= 11 is 0. The molecule has 0 unspecified atom stereocenters. The Morgan fingerprint density at radius 1 is 1.62 bits per heavy atom. The van der Waals surface area contributed by atoms with Crippen LogP contribution < -0.4 is 0 Å². The molecule has 4 nitrogen and oxygen atoms in total. The molecule has 0 atom stereocenters. The Kier molecular flexibility index (Phi) is 3.70. The molecular formula is C9H8F3NO3. The van der Waals surface area contributed by atoms with Gasteiger partial charge in [0.25, 0.3) is 12.4 Å². The number of hydrogen-bond acceptors (Lipinski definition) is 4. The lowest BCUT2D eigenvalue weighted by Gasteiger charge is -2.06. The molecule has 1 aromatic heterocycles. The molecule has 0 radical (unpaired) electrons. The highest BCUT2D eigenvalue weighted by atomic mass is 19.3. The lowest BCUT2D eigenvalue weighted by atomic mass is 10.2. The number of hydrogen-bond donors (Lipinski definition) is 1. The molecule has 16 heavy (non-hydrogen) atoms. The van der Waals surface area contributed by atoms with Crippen LogP contribution in [-0.2, 0) is 4.74 Å². The van der Waals surface area contributed by atoms with E-state index in [1.807, 2.05) is 0 Å². The molecule has 1 heterocycles. The van der Waals surface area contributed by atoms with Gasteiger partial charge in [-0.2, -0.15) is 4.39 Å². The molecule has 1 rings (SSSR count). The topological polar surface area (TPSA) is 59.4 Å². The maximum absolute atomic E-state index is 12.9. The van der Waals surface area contributed by atoms with Crippen molar-refractivity contribution in [1.29, 1.82) is 0 Å². The van der Waals surface area contributed by atoms with Crippen LogP contribution in [0.15, 0.2) is 6.07 Å². The summed E-state index contributed by atoms with van der Waals surface area (Å²) in [5.41, 5.74) is -1.59. The van der Waals surface area contributed by atoms with Crippen molar-refractivity contribution in [1.82, 2.24) is 4.98 Å². The molecule has 0 aliphatic heterocycles. The summed E-state index contributed by atoms with van der Waals surface area (Å²) in [6, 6.07) is 0.598. The zero-order chi connectivity index (χ0) is 12.3. The van der Waals surface area contributed by atoms with E-state index in [0.29, 0.717) is 6.07 Å². The van der Waals surface area contributed by atoms with Crippen LogP contribution in [0, 0.1) is 5.95 Å². The number of carbonyl (C=O) groups is 1. The highest BCUT2D eigenvalue weighted by molar-refractivity contribution is 5.87. The molecule has 0 spiro atoms. The average molecular weight is 235 g/mol. The lowest BCUT2D eigenvalue weighted by Crippen LogP contribution is -2.09. The fraction of sp³-hybridized carbons (Fsp3) is 0.333. The zero-order valence-electron chi connectivity index (χ0n) is 8.21. The van der Waals surface area contributed by atoms with Crippen molar-refractivity contribution >= 4 is 5.97 Å². The van der Waals surface area contributed by atoms with Crippen LogP contribution in [0.5, 0.6) is 5.75 Å². The maximum Gasteiger partial charge on any atom is 0.357 e. The fourth-order valence-electron chi connectivity index (χ4n) is 1.00. The second-order valence-corrected chi connectivity index (χ2v) is 2.76. The molecule has 7 heteroatoms. The van der Waals surface area contributed by atoms with Crippen molar-refractivity contribution in [3.8, 4) is 5.75 Å². The Hall–Kier alpha value is -1.79. The number of esters is 1. The summed E-state index contributed by atoms with van der Waals surface area (Å²) < 4.78 is 42.0. The summed E-state index contributed by atoms with van der Waals surface area (Å²) in [6.07, 6.45) is -3.11. The van der Waals surface area contributed by atoms with E-state index in [1.54, 1.807) is 0 Å². The van der Waals surface area contributed by atoms with Gasteiger partial charge in [-0.05, 0) is 13.0 Å². The van der Waals surface area contributed by atoms with Gasteiger partial charge in [-0.3, -0.25) is 0 Å². The van der Waals surface area contributed by atoms with Crippen LogP contribution in [0.4, 0.5) is 13.2 Å². The first kappa shape index (κ1) is 12.3. The van der Waals surface area contributed by atoms with Gasteiger partial charge in [-0.15, -0.1) is 0 Å². The van der Waals surface area contributed by atoms with Crippen LogP contribution in [-0.4, -0.2) is 22.7 Å². The predicted molar refractivity (Wildman–Crippen MR) is 46.8 cm³/mol. The summed E-state index contributed by atoms with van der Waals surface area (Å²) in [7, 11) is 0. The van der Waals surface area contributed by atoms with Gasteiger partial charge in [-0.25, -0.2) is 18.6 Å². The minimum atomic E-state index is -3.11. The molecule has 0 aliphatic carbocycles. The molecule has 0 amide bonds. The average Bonchev–Trinajstić information content (AvgIpc) is 2.21. The van der Waals surface area contributed by atoms with Gasteiger partial charge in [0.1, 0.15) is 0 Å². The summed E-state index contributed by atoms with van der Waals surface area (Å²) in [4.78, 5) is 14.1. The number of aromatic hydroxyl groups is 1. The third-order valence-electron chi connectivity index (χ3n) is 1.70. The molecule has 0 aliphatic rings. The van der Waals surface area contributed by atoms with Gasteiger partial charge >= 0.3 is 5.97 Å². The van der Waals surface area contributed by atoms with Crippen molar-refractivity contribution < 1.29 is 27.8 Å². The normalized spacial score (nSPS) is 10.6. The van der Waals surface area contributed by atoms with Gasteiger partial charge in [0, 0.05) is 0 Å². The third-order valence-corrected chi connectivity index (χ3v) is 1.70. The van der Waals surface area contributed by atoms with Crippen molar-refractivity contribution in [3.63, 3.8) is 0 Å². The zero-order valence-corrected chi connectivity index (χ0v) is 8.21. The second-order valence-electron chi connectivity index (χ2n) is 2.76. The second kappa shape index (κ2) is 4.82. The van der Waals surface area contributed by atoms with Crippen LogP contribution in [0.1, 0.15) is 29.4 Å². The van der Waals surface area contributed by atoms with Crippen molar-refractivity contribution in [2.75, 3.05) is 6.61 Å². The Morgan fingerprint density at radius 3 is 2.75 bits per heavy atom. The number of halogens is 3. The van der Waals surface area contributed by atoms with E-state index in [9.17, 15) is 18.0 Å². The summed E-state index contributed by atoms with van der Waals surface area (Å²) in [6.45, 7) is 1.51. The highest BCUT2D eigenvalue weighted by Gasteiger charge is 2.22. The Labute approximate surface area is 88.7 Å². The standard InChI is InChI=1S/C9H8F3NO3/c1-2-16-9(15)5-3-4(7(10)11)6(14)8(12)13-5/h3,7,14H,2H2,1H3. The van der Waals surface area contributed by atoms with Crippen molar-refractivity contribution in [3.05, 3.63) is 23.3 Å². The Balaban J connectivity index is 3.18. The van der Waals surface area contributed by atoms with Gasteiger partial charge in [0.05, 0.1) is 12.2 Å². The van der Waals surface area contributed by atoms with Crippen molar-refractivity contribution in [2.45, 2.75) is 13.3 Å². The van der Waals surface area contributed by atoms with E-state index in [4.69, 9.17) is 5.11 Å². The molecule has 0 saturated carbocycles. The molecule has 88 valence electrons. The number of pyridine rings is 1. The maximum atomic E-state index is 12.9. The first-order valence-corrected chi connectivity index (χ1v) is 4.32. The first-order valence-electron chi connectivity index (χ1n) is 4.32. The third kappa shape index (κ3) is 2.41. The summed E-state index contributed by atoms with van der Waals surface area (Å²) in [5.74, 6) is -3.81. The molecule has 0 fully saturated rings. The monoisotopic (exact) mass is 235 g/mol. The molecular weight excluding hydrogens is 227 g/mol. The van der Waals surface area contributed by atoms with E-state index in [2.05, 4.69) is 9.72 Å². The predicted octanol–water partition coefficient (Wildman–Crippen LogP) is 2.04. The lowest BCUT2D eigenvalue weighted by molar-refractivity contribution is 0.0517. The van der Waals surface area contributed by atoms with E-state index in [0.717, 1.165) is 0 Å². The molecule has 0 saturated heterocycles. The van der Waals surface area contributed by atoms with E-state index < -0.39 is 35.3 Å². The van der Waals surface area contributed by atoms with Crippen LogP contribution in [0.3, 0.4) is 0 Å². The minimum absolute atomic E-state index is 0.00696. The Bertz CT molecular complexity index is 409. The quantitative estimate of drug-likeness (QED) is 0.643. The van der Waals surface area contributed by atoms with E-state index in [-0.39, 0.29) is 6.61 Å². The van der Waals surface area contributed by atoms with Gasteiger partial charge in [-0.1, -0.05) is 0 Å². The van der Waals surface area contributed by atoms with Crippen LogP contribution in [0.25, 0.3) is 0 Å². The Morgan fingerprint density at radius 2 is 2.25 bits per heavy atom. The minimum Gasteiger partial charge on any atom is -0.503 e. The van der Waals surface area contributed by atoms with Gasteiger partial charge in [0.15, 0.2) is 11.4 Å². The molecule has 1 aromatic rings. The van der Waals surface area contributed by atoms with Gasteiger partial charge < -0.3 is 9.84 Å². The van der Waals surface area contributed by atoms with Gasteiger partial charge in [0.2, 0.25) is 0 Å². The summed E-state index contributed by atoms with van der Waals surface area (Å²) in [5, 5.41) is 8.93. The molecule has 1 N–H and O–H groups in total. The number of nitrogens with zero attached hydrogens (tertiary/aromatic N) is 1. The van der Waals surface area contributed by atoms with Crippen LogP contribution in [0.2, 0.25) is 0 Å². The van der Waals surface area contributed by atoms with E-state index >= 15 is 0 Å². The smallest absolute Gasteiger partial charge is 0.357 e. The number of ether oxygens (including phenoxy) is 1. The molecule has 0 bridgehead atoms. The number of alkyl halides is 2. The largest absolute Gasteiger partial charge is 0.503 e. The van der Waals surface area contributed by atoms with Crippen LogP contribution >= 0.6 is 0 Å². The number of rotatable bonds is 3. The number of carbonyl (C=O) groups excluding carboxylic acids is 1. The van der Waals surface area contributed by atoms with E-state index in [1.165, 1.54) is 6.92 Å².